The van der Waals surface area contributed by atoms with Gasteiger partial charge in [-0.25, -0.2) is 0 Å². The van der Waals surface area contributed by atoms with E-state index in [0.717, 1.165) is 108 Å². The maximum atomic E-state index is 10.4. The number of nitrogens with zero attached hydrogens (tertiary/aromatic N) is 6. The average Bonchev–Trinajstić information content (AvgIpc) is 1.59. The van der Waals surface area contributed by atoms with Crippen molar-refractivity contribution in [3.8, 4) is 68.1 Å². The number of ether oxygens (including phenoxy) is 1. The van der Waals surface area contributed by atoms with Gasteiger partial charge in [0.1, 0.15) is 0 Å². The molecule has 15 rings (SSSR count). The zero-order valence-corrected chi connectivity index (χ0v) is 46.5. The Bertz CT molecular complexity index is 5350. The minimum atomic E-state index is -2.57. The molecule has 0 aliphatic rings. The van der Waals surface area contributed by atoms with Crippen molar-refractivity contribution >= 4 is 70.9 Å². The minimum Gasteiger partial charge on any atom is 0.0621 e. The molecule has 0 spiro atoms. The molecule has 0 unspecified atom stereocenters. The smallest absolute Gasteiger partial charge is 0.0621 e. The second kappa shape index (κ2) is 18.5. The number of nitriles is 1. The first-order valence-electron chi connectivity index (χ1n) is 29.9. The maximum absolute atomic E-state index is 10.4. The average molecular weight is 1230 g/mol. The Morgan fingerprint density at radius 1 is 0.494 bits per heavy atom. The quantitative estimate of drug-likeness (QED) is 0.152. The third kappa shape index (κ3) is 7.66. The van der Waals surface area contributed by atoms with Crippen LogP contribution in [0.25, 0.3) is 122 Å². The van der Waals surface area contributed by atoms with E-state index in [4.69, 9.17) is 17.9 Å². The zero-order valence-electron chi connectivity index (χ0n) is 50.3. The molecule has 390 valence electrons. The predicted molar refractivity (Wildman–Crippen MR) is 328 cm³/mol. The Hall–Kier alpha value is -9.60. The molecule has 0 aliphatic carbocycles. The van der Waals surface area contributed by atoms with E-state index < -0.39 is 13.7 Å². The molecule has 7 nitrogen and oxygen atoms in total. The Morgan fingerprint density at radius 3 is 1.80 bits per heavy atom. The van der Waals surface area contributed by atoms with E-state index in [9.17, 15) is 5.26 Å². The van der Waals surface area contributed by atoms with Gasteiger partial charge in [0, 0.05) is 37.4 Å². The summed E-state index contributed by atoms with van der Waals surface area (Å²) in [5.74, 6) is 0.860. The minimum absolute atomic E-state index is 0.0272. The van der Waals surface area contributed by atoms with Gasteiger partial charge in [-0.3, -0.25) is 0 Å². The van der Waals surface area contributed by atoms with Gasteiger partial charge in [-0.1, -0.05) is 63.2 Å². The van der Waals surface area contributed by atoms with Gasteiger partial charge in [-0.15, -0.1) is 0 Å². The standard InChI is InChI=1S/C73H52N6O.Pt/c1-45-27-32-52(76-44-77(65-26-15-14-25-64(65)76)71-54(48-17-8-6-9-18-48)22-16-23-55(71)49-19-10-7-11-20-49)38-69(45)80-53-33-34-57-58-40-59-61-37-47(42-74)36-60-56-21-12-13-24-63(56)79(72(60)61)68(59)41-67(58)78(66(57)39-53)70-35-46(2)62(43-75-70)50-28-30-51(31-29-50)73(3,4)5;/h6-41,43H,1-5H3;/i1D3,2D3;. The molecule has 0 radical (unpaired) electrons. The van der Waals surface area contributed by atoms with Crippen LogP contribution in [0.2, 0.25) is 0 Å². The third-order valence-corrected chi connectivity index (χ3v) is 17.1. The molecule has 0 N–H and O–H groups in total. The van der Waals surface area contributed by atoms with Crippen LogP contribution in [0.3, 0.4) is 0 Å². The van der Waals surface area contributed by atoms with E-state index in [-0.39, 0.29) is 22.3 Å². The fourth-order valence-corrected chi connectivity index (χ4v) is 13.3. The number of para-hydroxylation sites is 4. The number of benzene rings is 10. The van der Waals surface area contributed by atoms with Crippen LogP contribution in [0.4, 0.5) is 0 Å². The zero-order chi connectivity index (χ0) is 59.8. The van der Waals surface area contributed by atoms with E-state index in [2.05, 4.69) is 163 Å². The summed E-state index contributed by atoms with van der Waals surface area (Å²) >= 11 is 2.39. The number of rotatable bonds is 8. The van der Waals surface area contributed by atoms with Crippen LogP contribution in [-0.4, -0.2) is 23.1 Å². The molecule has 0 fully saturated rings. The van der Waals surface area contributed by atoms with Crippen LogP contribution >= 0.6 is 0 Å². The van der Waals surface area contributed by atoms with Crippen LogP contribution in [0.5, 0.6) is 11.5 Å². The van der Waals surface area contributed by atoms with Crippen molar-refractivity contribution in [3.63, 3.8) is 0 Å². The van der Waals surface area contributed by atoms with E-state index >= 15 is 0 Å². The summed E-state index contributed by atoms with van der Waals surface area (Å²) in [7, 11) is 0. The second-order valence-electron chi connectivity index (χ2n) is 21.8. The van der Waals surface area contributed by atoms with Gasteiger partial charge < -0.3 is 4.40 Å². The van der Waals surface area contributed by atoms with Gasteiger partial charge in [0.05, 0.1) is 28.2 Å². The summed E-state index contributed by atoms with van der Waals surface area (Å²) in [4.78, 5) is 5.13. The van der Waals surface area contributed by atoms with E-state index in [1.54, 1.807) is 24.4 Å². The topological polar surface area (TPSA) is 65.1 Å². The Morgan fingerprint density at radius 2 is 1.11 bits per heavy atom. The summed E-state index contributed by atoms with van der Waals surface area (Å²) in [6.07, 6.45) is 1.66. The van der Waals surface area contributed by atoms with E-state index in [0.29, 0.717) is 33.9 Å². The number of aryl methyl sites for hydroxylation is 2. The molecule has 0 saturated heterocycles. The first-order valence-corrected chi connectivity index (χ1v) is 28.0. The molecular weight excluding hydrogens is 1170 g/mol. The normalized spacial score (nSPS) is 13.5. The Balaban J connectivity index is 0.944. The fourth-order valence-electron chi connectivity index (χ4n) is 12.2. The Kier molecular flexibility index (Phi) is 9.67. The van der Waals surface area contributed by atoms with E-state index in [1.807, 2.05) is 102 Å². The maximum Gasteiger partial charge on any atom is 0.0621 e. The van der Waals surface area contributed by atoms with Crippen LogP contribution in [-0.2, 0) is 24.8 Å². The molecule has 10 aromatic carbocycles. The van der Waals surface area contributed by atoms with Crippen molar-refractivity contribution in [3.05, 3.63) is 251 Å². The molecular formula is C73H52N6OPt. The molecule has 0 bridgehead atoms. The predicted octanol–water partition coefficient (Wildman–Crippen LogP) is 18.7. The summed E-state index contributed by atoms with van der Waals surface area (Å²) in [6, 6.07) is 74.8. The van der Waals surface area contributed by atoms with Crippen molar-refractivity contribution in [1.29, 1.82) is 5.26 Å². The first-order chi connectivity index (χ1) is 41.9. The number of hydrogen-bond donors (Lipinski definition) is 0. The van der Waals surface area contributed by atoms with Gasteiger partial charge in [-0.2, -0.15) is 5.26 Å². The molecule has 5 heterocycles. The molecule has 0 saturated carbocycles. The number of hydrogen-bond acceptors (Lipinski definition) is 3. The summed E-state index contributed by atoms with van der Waals surface area (Å²) in [5.41, 5.74) is 15.0. The van der Waals surface area contributed by atoms with Crippen LogP contribution in [0, 0.1) is 28.8 Å². The molecule has 81 heavy (non-hydrogen) atoms. The summed E-state index contributed by atoms with van der Waals surface area (Å²) < 4.78 is 70.1. The van der Waals surface area contributed by atoms with Gasteiger partial charge in [0.15, 0.2) is 0 Å². The molecule has 8 heteroatoms. The summed E-state index contributed by atoms with van der Waals surface area (Å²) in [6.45, 7) is 1.33. The third-order valence-electron chi connectivity index (χ3n) is 16.0. The largest absolute Gasteiger partial charge is 0.0621 e. The van der Waals surface area contributed by atoms with Crippen molar-refractivity contribution < 1.29 is 32.3 Å². The molecule has 0 amide bonds. The van der Waals surface area contributed by atoms with Crippen molar-refractivity contribution in [2.24, 2.45) is 0 Å². The number of fused-ring (bicyclic) bond motifs is 10. The van der Waals surface area contributed by atoms with Crippen molar-refractivity contribution in [2.45, 2.75) is 39.9 Å². The monoisotopic (exact) mass is 1230 g/mol. The van der Waals surface area contributed by atoms with Gasteiger partial charge >= 0.3 is 305 Å². The number of imidazole rings is 1. The number of pyridine rings is 1. The fraction of sp³-hybridized carbons (Fsp3) is 0.0822. The number of aromatic nitrogens is 5. The van der Waals surface area contributed by atoms with Gasteiger partial charge in [-0.05, 0) is 47.2 Å². The summed E-state index contributed by atoms with van der Waals surface area (Å²) in [5, 5.41) is 15.9. The van der Waals surface area contributed by atoms with Gasteiger partial charge in [0.2, 0.25) is 0 Å². The van der Waals surface area contributed by atoms with Gasteiger partial charge in [0.25, 0.3) is 0 Å². The van der Waals surface area contributed by atoms with Crippen molar-refractivity contribution in [2.75, 3.05) is 0 Å². The van der Waals surface area contributed by atoms with Crippen LogP contribution < -0.4 is 4.74 Å². The van der Waals surface area contributed by atoms with Crippen LogP contribution in [0.15, 0.2) is 225 Å². The van der Waals surface area contributed by atoms with E-state index in [1.165, 1.54) is 0 Å². The molecule has 0 aliphatic heterocycles. The molecule has 0 atom stereocenters. The first kappa shape index (κ1) is 42.4. The SMILES string of the molecule is [2H]C([2H])([2H])c1ccc(-n2[c](=[Pt])n(-c3c(-c4ccccc4)cccc3-c3ccccc3)c3ccccc32)cc1Oc1ccc2c3cc4c5cc(C#N)cc6c7ccccc7n(c4cc3n(-c3cc(C([2H])([2H])[2H])c(-c4ccc(C(C)(C)C)cc4)cn3)c2c1)c65. The second-order valence-corrected chi connectivity index (χ2v) is 22.8. The Labute approximate surface area is 487 Å². The molecule has 5 aromatic heterocycles. The van der Waals surface area contributed by atoms with Crippen LogP contribution in [0.1, 0.15) is 51.2 Å². The molecule has 15 aromatic rings. The van der Waals surface area contributed by atoms with Crippen molar-refractivity contribution in [1.82, 2.24) is 23.1 Å².